The molecule has 0 N–H and O–H groups in total. The van der Waals surface area contributed by atoms with E-state index in [-0.39, 0.29) is 18.8 Å². The predicted molar refractivity (Wildman–Crippen MR) is 409 cm³/mol. The molecule has 6 unspecified atom stereocenters. The second-order valence-electron chi connectivity index (χ2n) is 29.3. The summed E-state index contributed by atoms with van der Waals surface area (Å²) in [4.78, 5) is 6.09. The Labute approximate surface area is 568 Å². The Morgan fingerprint density at radius 1 is 0.385 bits per heavy atom. The van der Waals surface area contributed by atoms with E-state index in [0.29, 0.717) is 23.7 Å². The van der Waals surface area contributed by atoms with E-state index in [1.54, 1.807) is 22.3 Å². The van der Waals surface area contributed by atoms with Gasteiger partial charge in [0.2, 0.25) is 0 Å². The highest BCUT2D eigenvalue weighted by atomic mass is 32.1. The third kappa shape index (κ3) is 9.20. The smallest absolute Gasteiger partial charge is 0.252 e. The molecule has 6 heteroatoms. The first-order chi connectivity index (χ1) is 47.6. The first-order valence-corrected chi connectivity index (χ1v) is 37.4. The Hall–Kier alpha value is -9.10. The van der Waals surface area contributed by atoms with E-state index in [0.717, 1.165) is 56.1 Å². The van der Waals surface area contributed by atoms with E-state index in [1.165, 1.54) is 190 Å². The van der Waals surface area contributed by atoms with Gasteiger partial charge in [-0.15, -0.1) is 11.3 Å². The van der Waals surface area contributed by atoms with E-state index in [2.05, 4.69) is 245 Å². The summed E-state index contributed by atoms with van der Waals surface area (Å²) in [7, 11) is 0. The highest BCUT2D eigenvalue weighted by molar-refractivity contribution is 7.25. The molecule has 9 aromatic carbocycles. The molecular formula is C90H80BN3OS. The number of anilines is 4. The van der Waals surface area contributed by atoms with Crippen molar-refractivity contribution < 1.29 is 4.42 Å². The Bertz CT molecular complexity index is 5310. The van der Waals surface area contributed by atoms with Crippen molar-refractivity contribution in [2.45, 2.75) is 128 Å². The number of rotatable bonds is 9. The molecule has 0 fully saturated rings. The van der Waals surface area contributed by atoms with Gasteiger partial charge < -0.3 is 18.8 Å². The van der Waals surface area contributed by atoms with Crippen LogP contribution in [0.1, 0.15) is 116 Å². The summed E-state index contributed by atoms with van der Waals surface area (Å²) in [5.74, 6) is 1.71. The maximum Gasteiger partial charge on any atom is 0.252 e. The molecule has 8 aliphatic rings. The van der Waals surface area contributed by atoms with Crippen LogP contribution < -0.4 is 26.2 Å². The minimum atomic E-state index is -0.0718. The Kier molecular flexibility index (Phi) is 13.9. The number of benzene rings is 9. The van der Waals surface area contributed by atoms with E-state index in [1.807, 2.05) is 11.3 Å². The van der Waals surface area contributed by atoms with Crippen molar-refractivity contribution >= 4 is 121 Å². The van der Waals surface area contributed by atoms with Crippen LogP contribution in [0.25, 0.3) is 91.9 Å². The molecule has 0 amide bonds. The lowest BCUT2D eigenvalue weighted by molar-refractivity contribution is 0.391. The van der Waals surface area contributed by atoms with Gasteiger partial charge in [-0.05, 0) is 256 Å². The predicted octanol–water partition coefficient (Wildman–Crippen LogP) is 22.9. The molecule has 20 rings (SSSR count). The lowest BCUT2D eigenvalue weighted by Gasteiger charge is -2.53. The molecule has 12 aromatic rings. The summed E-state index contributed by atoms with van der Waals surface area (Å²) in [6.45, 7) is -0.0718. The zero-order valence-corrected chi connectivity index (χ0v) is 55.7. The van der Waals surface area contributed by atoms with Crippen LogP contribution >= 0.6 is 11.3 Å². The molecule has 6 atom stereocenters. The first-order valence-electron chi connectivity index (χ1n) is 36.6. The summed E-state index contributed by atoms with van der Waals surface area (Å²) in [5.41, 5.74) is 27.2. The van der Waals surface area contributed by atoms with Gasteiger partial charge in [-0.25, -0.2) is 0 Å². The number of thiophene rings is 1. The fourth-order valence-electron chi connectivity index (χ4n) is 19.9. The molecule has 3 aromatic heterocycles. The van der Waals surface area contributed by atoms with Crippen LogP contribution in [-0.4, -0.2) is 23.4 Å². The van der Waals surface area contributed by atoms with E-state index < -0.39 is 0 Å². The van der Waals surface area contributed by atoms with E-state index in [9.17, 15) is 0 Å². The SMILES string of the molecule is C1=CCC(C2=CCCC(C3=CCCCC3)C2N2c3ccc(-c4ccc5oc6ccccc6c5c4)cc3B3c4ccc(-n5c6ccccc6c6ccccc65)cc4N(C4C(C5CC=CCC5)=CCCC4C4=CCCCC4)c4cc(-c5ccc6sc7ccccc7c6c5)cc2c43)CC1. The Morgan fingerprint density at radius 2 is 0.958 bits per heavy atom. The van der Waals surface area contributed by atoms with Gasteiger partial charge in [0.05, 0.1) is 23.1 Å². The van der Waals surface area contributed by atoms with Crippen molar-refractivity contribution in [3.8, 4) is 27.9 Å². The second-order valence-corrected chi connectivity index (χ2v) is 30.4. The monoisotopic (exact) mass is 1260 g/mol. The number of fused-ring (bicyclic) bond motifs is 13. The van der Waals surface area contributed by atoms with Gasteiger partial charge in [0.25, 0.3) is 6.71 Å². The third-order valence-electron chi connectivity index (χ3n) is 24.2. The number of furan rings is 1. The summed E-state index contributed by atoms with van der Waals surface area (Å²) in [5, 5.41) is 7.63. The van der Waals surface area contributed by atoms with Crippen molar-refractivity contribution in [3.63, 3.8) is 0 Å². The molecule has 0 spiro atoms. The number of para-hydroxylation sites is 3. The quantitative estimate of drug-likeness (QED) is 0.106. The lowest BCUT2D eigenvalue weighted by atomic mass is 9.33. The molecule has 6 aliphatic carbocycles. The summed E-state index contributed by atoms with van der Waals surface area (Å²) in [6.07, 6.45) is 42.2. The number of allylic oxidation sites excluding steroid dienone is 8. The zero-order chi connectivity index (χ0) is 63.0. The van der Waals surface area contributed by atoms with E-state index >= 15 is 0 Å². The molecule has 2 aliphatic heterocycles. The van der Waals surface area contributed by atoms with Gasteiger partial charge in [-0.1, -0.05) is 163 Å². The Balaban J connectivity index is 0.916. The average molecular weight is 1260 g/mol. The van der Waals surface area contributed by atoms with Gasteiger partial charge in [0, 0.05) is 82.0 Å². The third-order valence-corrected chi connectivity index (χ3v) is 25.3. The van der Waals surface area contributed by atoms with Crippen LogP contribution in [0.4, 0.5) is 22.7 Å². The van der Waals surface area contributed by atoms with Crippen molar-refractivity contribution in [2.75, 3.05) is 9.80 Å². The topological polar surface area (TPSA) is 24.6 Å². The van der Waals surface area contributed by atoms with Crippen molar-refractivity contribution in [3.05, 3.63) is 253 Å². The fraction of sp³-hybridized carbons (Fsp3) is 0.267. The van der Waals surface area contributed by atoms with Crippen LogP contribution in [-0.2, 0) is 0 Å². The highest BCUT2D eigenvalue weighted by Gasteiger charge is 2.51. The van der Waals surface area contributed by atoms with Crippen molar-refractivity contribution in [1.29, 1.82) is 0 Å². The average Bonchev–Trinajstić information content (AvgIpc) is 0.824. The Morgan fingerprint density at radius 3 is 1.62 bits per heavy atom. The minimum absolute atomic E-state index is 0.0718. The number of hydrogen-bond donors (Lipinski definition) is 0. The molecule has 96 heavy (non-hydrogen) atoms. The van der Waals surface area contributed by atoms with Gasteiger partial charge in [-0.2, -0.15) is 0 Å². The molecular weight excluding hydrogens is 1180 g/mol. The van der Waals surface area contributed by atoms with Gasteiger partial charge in [0.15, 0.2) is 0 Å². The molecule has 0 radical (unpaired) electrons. The molecule has 0 bridgehead atoms. The van der Waals surface area contributed by atoms with Crippen LogP contribution in [0.2, 0.25) is 0 Å². The zero-order valence-electron chi connectivity index (χ0n) is 54.9. The second kappa shape index (κ2) is 23.3. The fourth-order valence-corrected chi connectivity index (χ4v) is 21.0. The summed E-state index contributed by atoms with van der Waals surface area (Å²) < 4.78 is 11.8. The van der Waals surface area contributed by atoms with Gasteiger partial charge in [0.1, 0.15) is 11.2 Å². The van der Waals surface area contributed by atoms with Crippen LogP contribution in [0.5, 0.6) is 0 Å². The summed E-state index contributed by atoms with van der Waals surface area (Å²) in [6, 6.07) is 71.7. The molecule has 0 saturated heterocycles. The van der Waals surface area contributed by atoms with Crippen molar-refractivity contribution in [2.24, 2.45) is 23.7 Å². The number of nitrogens with zero attached hydrogens (tertiary/aromatic N) is 3. The van der Waals surface area contributed by atoms with Crippen LogP contribution in [0.3, 0.4) is 0 Å². The highest BCUT2D eigenvalue weighted by Crippen LogP contribution is 2.54. The number of aromatic nitrogens is 1. The summed E-state index contributed by atoms with van der Waals surface area (Å²) >= 11 is 1.93. The maximum atomic E-state index is 6.54. The molecule has 470 valence electrons. The lowest BCUT2D eigenvalue weighted by Crippen LogP contribution is -2.65. The normalized spacial score (nSPS) is 22.6. The standard InChI is InChI=1S/C90H80BN3OS/c1-5-23-57(24-6-1)66-35-21-36-67(58-25-7-2-8-26-58)89(66)93-80-48-43-63(61-44-49-85-74(51-61)72-33-15-19-41-84(72)95-85)53-77(80)91-76-47-46-65(92-78-39-17-13-31-70(78)71-32-14-18-40-79(71)92)56-81(76)94(90-68(59-27-9-3-10-28-59)37-22-38-69(90)60-29-11-4-12-30-60)83-55-64(54-82(93)88(83)91)62-45-50-87-75(52-62)73-34-16-20-42-86(73)96-87/h1,3,5,9,13-20,25,29,31-35,37,39-57,59,67,69,89-90H,2,4,6-8,10-12,21-24,26-28,30,36,38H2. The molecule has 0 saturated carbocycles. The largest absolute Gasteiger partial charge is 0.456 e. The van der Waals surface area contributed by atoms with Gasteiger partial charge in [-0.3, -0.25) is 0 Å². The van der Waals surface area contributed by atoms with Crippen LogP contribution in [0, 0.1) is 23.7 Å². The van der Waals surface area contributed by atoms with E-state index in [4.69, 9.17) is 4.42 Å². The molecule has 5 heterocycles. The first kappa shape index (κ1) is 57.2. The molecule has 4 nitrogen and oxygen atoms in total. The number of hydrogen-bond acceptors (Lipinski definition) is 4. The maximum absolute atomic E-state index is 6.54. The van der Waals surface area contributed by atoms with Gasteiger partial charge >= 0.3 is 0 Å². The van der Waals surface area contributed by atoms with Crippen LogP contribution in [0.15, 0.2) is 257 Å². The minimum Gasteiger partial charge on any atom is -0.456 e. The van der Waals surface area contributed by atoms with Crippen molar-refractivity contribution in [1.82, 2.24) is 4.57 Å².